The van der Waals surface area contributed by atoms with E-state index in [1.54, 1.807) is 31.4 Å². The number of nitrogens with one attached hydrogen (secondary N) is 1. The van der Waals surface area contributed by atoms with Gasteiger partial charge in [-0.25, -0.2) is 0 Å². The van der Waals surface area contributed by atoms with Crippen LogP contribution >= 0.6 is 15.9 Å². The Morgan fingerprint density at radius 3 is 2.59 bits per heavy atom. The van der Waals surface area contributed by atoms with E-state index in [0.717, 1.165) is 10.2 Å². The summed E-state index contributed by atoms with van der Waals surface area (Å²) in [7, 11) is 1.58. The maximum atomic E-state index is 12.3. The Labute approximate surface area is 138 Å². The summed E-state index contributed by atoms with van der Waals surface area (Å²) in [6.07, 6.45) is 0.0866. The van der Waals surface area contributed by atoms with Crippen LogP contribution in [-0.2, 0) is 0 Å². The molecule has 116 valence electrons. The lowest BCUT2D eigenvalue weighted by molar-refractivity contribution is 0.102. The van der Waals surface area contributed by atoms with E-state index in [9.17, 15) is 4.79 Å². The number of carbonyl (C=O) groups excluding carboxylic acids is 1. The van der Waals surface area contributed by atoms with Gasteiger partial charge in [0.25, 0.3) is 5.91 Å². The van der Waals surface area contributed by atoms with Crippen LogP contribution in [0.1, 0.15) is 24.2 Å². The van der Waals surface area contributed by atoms with Gasteiger partial charge in [0, 0.05) is 17.3 Å². The number of carbonyl (C=O) groups is 1. The minimum absolute atomic E-state index is 0.0866. The lowest BCUT2D eigenvalue weighted by Crippen LogP contribution is -2.12. The lowest BCUT2D eigenvalue weighted by Gasteiger charge is -2.12. The van der Waals surface area contributed by atoms with Gasteiger partial charge >= 0.3 is 0 Å². The van der Waals surface area contributed by atoms with Crippen LogP contribution in [0, 0.1) is 0 Å². The van der Waals surface area contributed by atoms with Gasteiger partial charge in [0.1, 0.15) is 11.5 Å². The first-order valence-corrected chi connectivity index (χ1v) is 7.70. The number of amides is 1. The van der Waals surface area contributed by atoms with Crippen molar-refractivity contribution in [2.24, 2.45) is 0 Å². The summed E-state index contributed by atoms with van der Waals surface area (Å²) >= 11 is 3.37. The molecule has 0 aliphatic rings. The highest BCUT2D eigenvalue weighted by Crippen LogP contribution is 2.26. The molecule has 2 rings (SSSR count). The zero-order valence-corrected chi connectivity index (χ0v) is 14.3. The van der Waals surface area contributed by atoms with E-state index < -0.39 is 0 Å². The molecule has 4 nitrogen and oxygen atoms in total. The van der Waals surface area contributed by atoms with Crippen molar-refractivity contribution in [1.29, 1.82) is 0 Å². The Morgan fingerprint density at radius 2 is 1.95 bits per heavy atom. The van der Waals surface area contributed by atoms with Crippen molar-refractivity contribution in [3.63, 3.8) is 0 Å². The second kappa shape index (κ2) is 7.31. The molecule has 1 amide bonds. The lowest BCUT2D eigenvalue weighted by atomic mass is 10.2. The summed E-state index contributed by atoms with van der Waals surface area (Å²) in [5.74, 6) is 1.22. The fourth-order valence-corrected chi connectivity index (χ4v) is 2.47. The summed E-state index contributed by atoms with van der Waals surface area (Å²) in [6.45, 7) is 3.92. The van der Waals surface area contributed by atoms with Gasteiger partial charge < -0.3 is 14.8 Å². The molecule has 0 aliphatic carbocycles. The molecule has 0 fully saturated rings. The standard InChI is InChI=1S/C17H18BrNO3/c1-11(2)22-14-6-4-5-13(10-14)19-17(20)12-7-8-16(21-3)15(18)9-12/h4-11H,1-3H3,(H,19,20). The number of methoxy groups -OCH3 is 1. The molecule has 2 aromatic rings. The average molecular weight is 364 g/mol. The van der Waals surface area contributed by atoms with Gasteiger partial charge in [-0.05, 0) is 60.1 Å². The van der Waals surface area contributed by atoms with Crippen molar-refractivity contribution in [3.8, 4) is 11.5 Å². The normalized spacial score (nSPS) is 10.4. The summed E-state index contributed by atoms with van der Waals surface area (Å²) in [5, 5.41) is 2.86. The molecule has 0 unspecified atom stereocenters. The average Bonchev–Trinajstić information content (AvgIpc) is 2.46. The van der Waals surface area contributed by atoms with Gasteiger partial charge in [-0.15, -0.1) is 0 Å². The van der Waals surface area contributed by atoms with E-state index in [2.05, 4.69) is 21.2 Å². The van der Waals surface area contributed by atoms with Crippen molar-refractivity contribution in [2.75, 3.05) is 12.4 Å². The molecule has 0 aliphatic heterocycles. The zero-order valence-electron chi connectivity index (χ0n) is 12.7. The van der Waals surface area contributed by atoms with Gasteiger partial charge in [0.2, 0.25) is 0 Å². The van der Waals surface area contributed by atoms with Crippen LogP contribution in [0.2, 0.25) is 0 Å². The Kier molecular flexibility index (Phi) is 5.44. The molecule has 2 aromatic carbocycles. The quantitative estimate of drug-likeness (QED) is 0.850. The van der Waals surface area contributed by atoms with E-state index in [-0.39, 0.29) is 12.0 Å². The Balaban J connectivity index is 2.13. The summed E-state index contributed by atoms with van der Waals surface area (Å²) in [5.41, 5.74) is 1.23. The number of halogens is 1. The van der Waals surface area contributed by atoms with Gasteiger partial charge in [-0.2, -0.15) is 0 Å². The highest BCUT2D eigenvalue weighted by molar-refractivity contribution is 9.10. The van der Waals surface area contributed by atoms with Gasteiger partial charge in [-0.1, -0.05) is 6.07 Å². The van der Waals surface area contributed by atoms with Crippen molar-refractivity contribution >= 4 is 27.5 Å². The third kappa shape index (κ3) is 4.24. The minimum Gasteiger partial charge on any atom is -0.496 e. The third-order valence-corrected chi connectivity index (χ3v) is 3.50. The number of anilines is 1. The number of ether oxygens (including phenoxy) is 2. The molecule has 0 atom stereocenters. The van der Waals surface area contributed by atoms with Crippen LogP contribution in [0.5, 0.6) is 11.5 Å². The molecule has 0 spiro atoms. The maximum absolute atomic E-state index is 12.3. The molecule has 0 bridgehead atoms. The molecule has 5 heteroatoms. The highest BCUT2D eigenvalue weighted by Gasteiger charge is 2.10. The fraction of sp³-hybridized carbons (Fsp3) is 0.235. The van der Waals surface area contributed by atoms with Gasteiger partial charge in [0.15, 0.2) is 0 Å². The van der Waals surface area contributed by atoms with Crippen LogP contribution < -0.4 is 14.8 Å². The topological polar surface area (TPSA) is 47.6 Å². The molecule has 0 heterocycles. The number of rotatable bonds is 5. The van der Waals surface area contributed by atoms with Crippen molar-refractivity contribution in [1.82, 2.24) is 0 Å². The monoisotopic (exact) mass is 363 g/mol. The predicted octanol–water partition coefficient (Wildman–Crippen LogP) is 4.50. The summed E-state index contributed by atoms with van der Waals surface area (Å²) < 4.78 is 11.5. The fourth-order valence-electron chi connectivity index (χ4n) is 1.93. The second-order valence-electron chi connectivity index (χ2n) is 5.00. The summed E-state index contributed by atoms with van der Waals surface area (Å²) in [6, 6.07) is 12.5. The molecular formula is C17H18BrNO3. The Hall–Kier alpha value is -2.01. The van der Waals surface area contributed by atoms with Crippen LogP contribution in [0.3, 0.4) is 0 Å². The molecule has 0 aromatic heterocycles. The first kappa shape index (κ1) is 16.4. The van der Waals surface area contributed by atoms with Crippen LogP contribution in [-0.4, -0.2) is 19.1 Å². The van der Waals surface area contributed by atoms with E-state index in [1.807, 2.05) is 32.0 Å². The zero-order chi connectivity index (χ0) is 16.1. The number of hydrogen-bond donors (Lipinski definition) is 1. The van der Waals surface area contributed by atoms with Crippen LogP contribution in [0.4, 0.5) is 5.69 Å². The highest BCUT2D eigenvalue weighted by atomic mass is 79.9. The van der Waals surface area contributed by atoms with E-state index >= 15 is 0 Å². The Morgan fingerprint density at radius 1 is 1.18 bits per heavy atom. The largest absolute Gasteiger partial charge is 0.496 e. The van der Waals surface area contributed by atoms with E-state index in [1.165, 1.54) is 0 Å². The predicted molar refractivity (Wildman–Crippen MR) is 90.9 cm³/mol. The molecule has 0 saturated heterocycles. The molecule has 0 radical (unpaired) electrons. The molecule has 0 saturated carbocycles. The second-order valence-corrected chi connectivity index (χ2v) is 5.85. The third-order valence-electron chi connectivity index (χ3n) is 2.88. The Bertz CT molecular complexity index is 671. The minimum atomic E-state index is -0.190. The SMILES string of the molecule is COc1ccc(C(=O)Nc2cccc(OC(C)C)c2)cc1Br. The van der Waals surface area contributed by atoms with Crippen molar-refractivity contribution in [3.05, 3.63) is 52.5 Å². The molecule has 22 heavy (non-hydrogen) atoms. The number of hydrogen-bond acceptors (Lipinski definition) is 3. The first-order chi connectivity index (χ1) is 10.5. The van der Waals surface area contributed by atoms with Crippen LogP contribution in [0.15, 0.2) is 46.9 Å². The maximum Gasteiger partial charge on any atom is 0.255 e. The summed E-state index contributed by atoms with van der Waals surface area (Å²) in [4.78, 5) is 12.3. The smallest absolute Gasteiger partial charge is 0.255 e. The number of benzene rings is 2. The van der Waals surface area contributed by atoms with Crippen molar-refractivity contribution < 1.29 is 14.3 Å². The first-order valence-electron chi connectivity index (χ1n) is 6.91. The van der Waals surface area contributed by atoms with Crippen LogP contribution in [0.25, 0.3) is 0 Å². The molecule has 1 N–H and O–H groups in total. The van der Waals surface area contributed by atoms with E-state index in [4.69, 9.17) is 9.47 Å². The molecular weight excluding hydrogens is 346 g/mol. The van der Waals surface area contributed by atoms with Gasteiger partial charge in [-0.3, -0.25) is 4.79 Å². The van der Waals surface area contributed by atoms with E-state index in [0.29, 0.717) is 17.0 Å². The van der Waals surface area contributed by atoms with Crippen molar-refractivity contribution in [2.45, 2.75) is 20.0 Å². The van der Waals surface area contributed by atoms with Gasteiger partial charge in [0.05, 0.1) is 17.7 Å².